The van der Waals surface area contributed by atoms with Crippen molar-refractivity contribution in [2.45, 2.75) is 25.3 Å². The first-order valence-electron chi connectivity index (χ1n) is 11.1. The summed E-state index contributed by atoms with van der Waals surface area (Å²) in [7, 11) is 3.15. The molecule has 1 fully saturated rings. The number of nitrogens with one attached hydrogen (secondary N) is 1. The summed E-state index contributed by atoms with van der Waals surface area (Å²) in [6.45, 7) is 2.92. The van der Waals surface area contributed by atoms with Crippen molar-refractivity contribution in [1.82, 2.24) is 19.4 Å². The first kappa shape index (κ1) is 20.7. The normalized spacial score (nSPS) is 16.9. The number of imidazole rings is 1. The lowest BCUT2D eigenvalue weighted by Crippen LogP contribution is -2.33. The maximum absolute atomic E-state index is 11.8. The standard InChI is InChI=1S/C25H28N4O3/c1-31-11-10-28-9-3-4-19(28)12-18-15-26-22-7-6-20(14-21(18)22)29-16-27-23-13-17(25(30)32-2)5-8-24(23)29/h5-8,13-16,19,26H,3-4,9-12H2,1-2H3/t19-/m1/s1. The fourth-order valence-electron chi connectivity index (χ4n) is 4.83. The Morgan fingerprint density at radius 1 is 1.22 bits per heavy atom. The number of carbonyl (C=O) groups excluding carboxylic acids is 1. The summed E-state index contributed by atoms with van der Waals surface area (Å²) in [5, 5.41) is 1.24. The van der Waals surface area contributed by atoms with Gasteiger partial charge in [0.15, 0.2) is 0 Å². The number of aromatic amines is 1. The van der Waals surface area contributed by atoms with E-state index in [4.69, 9.17) is 9.47 Å². The minimum absolute atomic E-state index is 0.355. The second-order valence-electron chi connectivity index (χ2n) is 8.38. The number of likely N-dealkylation sites (tertiary alicyclic amines) is 1. The molecule has 2 aromatic heterocycles. The molecule has 7 heteroatoms. The molecule has 32 heavy (non-hydrogen) atoms. The Bertz CT molecular complexity index is 1260. The Labute approximate surface area is 186 Å². The van der Waals surface area contributed by atoms with Crippen LogP contribution in [-0.2, 0) is 15.9 Å². The van der Waals surface area contributed by atoms with Crippen LogP contribution in [0.2, 0.25) is 0 Å². The van der Waals surface area contributed by atoms with Crippen molar-refractivity contribution >= 4 is 27.9 Å². The van der Waals surface area contributed by atoms with Gasteiger partial charge in [0.25, 0.3) is 0 Å². The average Bonchev–Trinajstić information content (AvgIpc) is 3.55. The second kappa shape index (κ2) is 8.76. The highest BCUT2D eigenvalue weighted by atomic mass is 16.5. The number of benzene rings is 2. The summed E-state index contributed by atoms with van der Waals surface area (Å²) in [6, 6.07) is 12.5. The van der Waals surface area contributed by atoms with Gasteiger partial charge in [0.05, 0.1) is 30.3 Å². The van der Waals surface area contributed by atoms with E-state index < -0.39 is 0 Å². The van der Waals surface area contributed by atoms with Crippen LogP contribution < -0.4 is 0 Å². The summed E-state index contributed by atoms with van der Waals surface area (Å²) >= 11 is 0. The molecule has 1 atom stereocenters. The number of nitrogens with zero attached hydrogens (tertiary/aromatic N) is 3. The molecule has 1 N–H and O–H groups in total. The predicted octanol–water partition coefficient (Wildman–Crippen LogP) is 3.95. The van der Waals surface area contributed by atoms with Crippen LogP contribution in [0.15, 0.2) is 48.9 Å². The molecule has 0 bridgehead atoms. The van der Waals surface area contributed by atoms with Crippen molar-refractivity contribution in [2.75, 3.05) is 33.9 Å². The minimum atomic E-state index is -0.355. The zero-order valence-corrected chi connectivity index (χ0v) is 18.5. The highest BCUT2D eigenvalue weighted by Gasteiger charge is 2.25. The van der Waals surface area contributed by atoms with Crippen LogP contribution in [0.4, 0.5) is 0 Å². The maximum atomic E-state index is 11.8. The number of ether oxygens (including phenoxy) is 2. The van der Waals surface area contributed by atoms with E-state index in [0.29, 0.717) is 11.6 Å². The van der Waals surface area contributed by atoms with Gasteiger partial charge in [-0.2, -0.15) is 0 Å². The molecule has 1 saturated heterocycles. The molecule has 0 aliphatic carbocycles. The summed E-state index contributed by atoms with van der Waals surface area (Å²) in [5.41, 5.74) is 5.76. The fourth-order valence-corrected chi connectivity index (χ4v) is 4.83. The zero-order valence-electron chi connectivity index (χ0n) is 18.5. The van der Waals surface area contributed by atoms with Gasteiger partial charge in [0.1, 0.15) is 6.33 Å². The average molecular weight is 433 g/mol. The molecule has 7 nitrogen and oxygen atoms in total. The third kappa shape index (κ3) is 3.78. The van der Waals surface area contributed by atoms with Gasteiger partial charge in [0, 0.05) is 42.5 Å². The number of fused-ring (bicyclic) bond motifs is 2. The van der Waals surface area contributed by atoms with Gasteiger partial charge in [0.2, 0.25) is 0 Å². The molecule has 4 aromatic rings. The van der Waals surface area contributed by atoms with Crippen molar-refractivity contribution < 1.29 is 14.3 Å². The van der Waals surface area contributed by atoms with Gasteiger partial charge in [-0.1, -0.05) is 0 Å². The van der Waals surface area contributed by atoms with E-state index in [0.717, 1.165) is 48.4 Å². The van der Waals surface area contributed by atoms with Crippen LogP contribution in [0.25, 0.3) is 27.6 Å². The smallest absolute Gasteiger partial charge is 0.337 e. The van der Waals surface area contributed by atoms with Crippen LogP contribution >= 0.6 is 0 Å². The van der Waals surface area contributed by atoms with Crippen LogP contribution in [0, 0.1) is 0 Å². The molecule has 0 spiro atoms. The number of rotatable bonds is 7. The molecule has 0 unspecified atom stereocenters. The van der Waals surface area contributed by atoms with Crippen molar-refractivity contribution in [3.05, 3.63) is 60.0 Å². The molecule has 2 aromatic carbocycles. The molecule has 0 saturated carbocycles. The van der Waals surface area contributed by atoms with Gasteiger partial charge in [-0.25, -0.2) is 9.78 Å². The number of methoxy groups -OCH3 is 2. The summed E-state index contributed by atoms with van der Waals surface area (Å²) < 4.78 is 12.2. The number of aromatic nitrogens is 3. The molecular formula is C25H28N4O3. The largest absolute Gasteiger partial charge is 0.465 e. The second-order valence-corrected chi connectivity index (χ2v) is 8.38. The summed E-state index contributed by atoms with van der Waals surface area (Å²) in [5.74, 6) is -0.355. The van der Waals surface area contributed by atoms with E-state index in [1.165, 1.54) is 30.9 Å². The summed E-state index contributed by atoms with van der Waals surface area (Å²) in [6.07, 6.45) is 7.46. The van der Waals surface area contributed by atoms with Crippen LogP contribution in [0.5, 0.6) is 0 Å². The Kier molecular flexibility index (Phi) is 5.68. The van der Waals surface area contributed by atoms with Gasteiger partial charge in [-0.15, -0.1) is 0 Å². The SMILES string of the molecule is COCCN1CCC[C@@H]1Cc1c[nH]c2ccc(-n3cnc4cc(C(=O)OC)ccc43)cc12. The van der Waals surface area contributed by atoms with Gasteiger partial charge < -0.3 is 14.5 Å². The molecule has 0 radical (unpaired) electrons. The monoisotopic (exact) mass is 432 g/mol. The predicted molar refractivity (Wildman–Crippen MR) is 124 cm³/mol. The Morgan fingerprint density at radius 3 is 2.97 bits per heavy atom. The topological polar surface area (TPSA) is 72.4 Å². The lowest BCUT2D eigenvalue weighted by molar-refractivity contribution is 0.0601. The van der Waals surface area contributed by atoms with E-state index in [1.54, 1.807) is 19.2 Å². The van der Waals surface area contributed by atoms with Crippen molar-refractivity contribution in [1.29, 1.82) is 0 Å². The fraction of sp³-hybridized carbons (Fsp3) is 0.360. The van der Waals surface area contributed by atoms with Gasteiger partial charge in [-0.05, 0) is 67.8 Å². The first-order chi connectivity index (χ1) is 15.7. The molecule has 0 amide bonds. The van der Waals surface area contributed by atoms with Crippen LogP contribution in [0.3, 0.4) is 0 Å². The van der Waals surface area contributed by atoms with E-state index in [2.05, 4.69) is 43.8 Å². The lowest BCUT2D eigenvalue weighted by Gasteiger charge is -2.23. The number of H-pyrrole nitrogens is 1. The molecule has 3 heterocycles. The zero-order chi connectivity index (χ0) is 22.1. The van der Waals surface area contributed by atoms with Crippen molar-refractivity contribution in [3.63, 3.8) is 0 Å². The van der Waals surface area contributed by atoms with Crippen LogP contribution in [0.1, 0.15) is 28.8 Å². The number of hydrogen-bond donors (Lipinski definition) is 1. The molecule has 1 aliphatic rings. The quantitative estimate of drug-likeness (QED) is 0.448. The molecule has 1 aliphatic heterocycles. The van der Waals surface area contributed by atoms with E-state index in [-0.39, 0.29) is 5.97 Å². The van der Waals surface area contributed by atoms with Gasteiger partial charge >= 0.3 is 5.97 Å². The summed E-state index contributed by atoms with van der Waals surface area (Å²) in [4.78, 5) is 22.3. The Balaban J connectivity index is 1.46. The third-order valence-corrected chi connectivity index (χ3v) is 6.53. The van der Waals surface area contributed by atoms with Crippen molar-refractivity contribution in [2.24, 2.45) is 0 Å². The van der Waals surface area contributed by atoms with Crippen molar-refractivity contribution in [3.8, 4) is 5.69 Å². The van der Waals surface area contributed by atoms with Gasteiger partial charge in [-0.3, -0.25) is 9.47 Å². The van der Waals surface area contributed by atoms with E-state index in [1.807, 2.05) is 12.4 Å². The molecule has 166 valence electrons. The number of hydrogen-bond acceptors (Lipinski definition) is 5. The highest BCUT2D eigenvalue weighted by Crippen LogP contribution is 2.28. The first-order valence-corrected chi connectivity index (χ1v) is 11.1. The lowest BCUT2D eigenvalue weighted by atomic mass is 10.0. The molecular weight excluding hydrogens is 404 g/mol. The van der Waals surface area contributed by atoms with E-state index >= 15 is 0 Å². The Morgan fingerprint density at radius 2 is 2.12 bits per heavy atom. The third-order valence-electron chi connectivity index (χ3n) is 6.53. The number of esters is 1. The maximum Gasteiger partial charge on any atom is 0.337 e. The molecule has 5 rings (SSSR count). The van der Waals surface area contributed by atoms with Crippen LogP contribution in [-0.4, -0.2) is 65.4 Å². The highest BCUT2D eigenvalue weighted by molar-refractivity contribution is 5.94. The van der Waals surface area contributed by atoms with E-state index in [9.17, 15) is 4.79 Å². The number of carbonyl (C=O) groups is 1. The Hall–Kier alpha value is -3.16. The minimum Gasteiger partial charge on any atom is -0.465 e.